The minimum Gasteiger partial charge on any atom is -0.492 e. The van der Waals surface area contributed by atoms with Gasteiger partial charge in [-0.25, -0.2) is 0 Å². The lowest BCUT2D eigenvalue weighted by Crippen LogP contribution is -2.15. The summed E-state index contributed by atoms with van der Waals surface area (Å²) in [6.45, 7) is 3.76. The highest BCUT2D eigenvalue weighted by atomic mass is 16.5. The van der Waals surface area contributed by atoms with Crippen LogP contribution in [0.25, 0.3) is 0 Å². The van der Waals surface area contributed by atoms with Crippen LogP contribution in [0.1, 0.15) is 12.5 Å². The summed E-state index contributed by atoms with van der Waals surface area (Å²) in [6.07, 6.45) is 1.08. The van der Waals surface area contributed by atoms with Crippen LogP contribution in [0.3, 0.4) is 0 Å². The maximum Gasteiger partial charge on any atom is 0.119 e. The maximum absolute atomic E-state index is 5.48. The summed E-state index contributed by atoms with van der Waals surface area (Å²) in [7, 11) is 1.92. The Morgan fingerprint density at radius 2 is 1.92 bits per heavy atom. The van der Waals surface area contributed by atoms with Gasteiger partial charge in [0.05, 0.1) is 0 Å². The van der Waals surface area contributed by atoms with Gasteiger partial charge in [-0.15, -0.1) is 0 Å². The fourth-order valence-corrected chi connectivity index (χ4v) is 1.09. The monoisotopic (exact) mass is 179 g/mol. The number of benzene rings is 1. The molecule has 0 unspecified atom stereocenters. The Bertz CT molecular complexity index is 230. The van der Waals surface area contributed by atoms with Crippen LogP contribution in [0, 0.1) is 0 Å². The van der Waals surface area contributed by atoms with Gasteiger partial charge in [-0.1, -0.05) is 19.1 Å². The van der Waals surface area contributed by atoms with Gasteiger partial charge in [0.1, 0.15) is 12.4 Å². The van der Waals surface area contributed by atoms with E-state index in [-0.39, 0.29) is 0 Å². The lowest BCUT2D eigenvalue weighted by molar-refractivity contribution is 0.318. The first-order chi connectivity index (χ1) is 6.36. The molecular weight excluding hydrogens is 162 g/mol. The van der Waals surface area contributed by atoms with Crippen molar-refractivity contribution in [2.75, 3.05) is 20.2 Å². The van der Waals surface area contributed by atoms with Gasteiger partial charge < -0.3 is 10.1 Å². The zero-order valence-corrected chi connectivity index (χ0v) is 8.34. The molecule has 0 atom stereocenters. The Kier molecular flexibility index (Phi) is 4.33. The van der Waals surface area contributed by atoms with Crippen LogP contribution in [-0.2, 0) is 6.42 Å². The second-order valence-corrected chi connectivity index (χ2v) is 2.95. The van der Waals surface area contributed by atoms with Gasteiger partial charge in [-0.3, -0.25) is 0 Å². The van der Waals surface area contributed by atoms with Gasteiger partial charge in [0.15, 0.2) is 0 Å². The summed E-state index contributed by atoms with van der Waals surface area (Å²) in [6, 6.07) is 8.26. The molecule has 13 heavy (non-hydrogen) atoms. The fraction of sp³-hybridized carbons (Fsp3) is 0.455. The van der Waals surface area contributed by atoms with Crippen molar-refractivity contribution >= 4 is 0 Å². The van der Waals surface area contributed by atoms with Crippen LogP contribution in [0.5, 0.6) is 5.75 Å². The molecule has 1 aromatic rings. The molecule has 1 aromatic carbocycles. The van der Waals surface area contributed by atoms with Crippen LogP contribution >= 0.6 is 0 Å². The molecule has 0 bridgehead atoms. The zero-order valence-electron chi connectivity index (χ0n) is 8.34. The number of hydrogen-bond donors (Lipinski definition) is 1. The highest BCUT2D eigenvalue weighted by molar-refractivity contribution is 5.27. The quantitative estimate of drug-likeness (QED) is 0.696. The van der Waals surface area contributed by atoms with E-state index < -0.39 is 0 Å². The van der Waals surface area contributed by atoms with Crippen LogP contribution in [0.4, 0.5) is 0 Å². The van der Waals surface area contributed by atoms with E-state index in [4.69, 9.17) is 4.74 Å². The van der Waals surface area contributed by atoms with Crippen LogP contribution < -0.4 is 10.1 Å². The first-order valence-electron chi connectivity index (χ1n) is 4.73. The van der Waals surface area contributed by atoms with E-state index in [2.05, 4.69) is 24.4 Å². The van der Waals surface area contributed by atoms with Gasteiger partial charge >= 0.3 is 0 Å². The summed E-state index contributed by atoms with van der Waals surface area (Å²) in [5.74, 6) is 0.951. The zero-order chi connectivity index (χ0) is 9.52. The molecule has 0 heterocycles. The summed E-state index contributed by atoms with van der Waals surface area (Å²) in [4.78, 5) is 0. The van der Waals surface area contributed by atoms with Crippen LogP contribution in [-0.4, -0.2) is 20.2 Å². The molecule has 2 nitrogen and oxygen atoms in total. The minimum absolute atomic E-state index is 0.724. The first-order valence-corrected chi connectivity index (χ1v) is 4.73. The van der Waals surface area contributed by atoms with Crippen LogP contribution in [0.15, 0.2) is 24.3 Å². The summed E-state index contributed by atoms with van der Waals surface area (Å²) in [5, 5.41) is 3.04. The Hall–Kier alpha value is -1.02. The Morgan fingerprint density at radius 1 is 1.23 bits per heavy atom. The Morgan fingerprint density at radius 3 is 2.46 bits per heavy atom. The third-order valence-electron chi connectivity index (χ3n) is 1.95. The molecule has 0 spiro atoms. The molecule has 0 aromatic heterocycles. The van der Waals surface area contributed by atoms with Crippen molar-refractivity contribution in [2.24, 2.45) is 0 Å². The van der Waals surface area contributed by atoms with E-state index >= 15 is 0 Å². The number of ether oxygens (including phenoxy) is 1. The number of likely N-dealkylation sites (N-methyl/N-ethyl adjacent to an activating group) is 1. The predicted octanol–water partition coefficient (Wildman–Crippen LogP) is 1.85. The second-order valence-electron chi connectivity index (χ2n) is 2.95. The highest BCUT2D eigenvalue weighted by Crippen LogP contribution is 2.11. The smallest absolute Gasteiger partial charge is 0.119 e. The predicted molar refractivity (Wildman–Crippen MR) is 55.2 cm³/mol. The fourth-order valence-electron chi connectivity index (χ4n) is 1.09. The molecule has 0 aliphatic carbocycles. The van der Waals surface area contributed by atoms with Gasteiger partial charge in [0, 0.05) is 6.54 Å². The molecular formula is C11H17NO. The van der Waals surface area contributed by atoms with Crippen molar-refractivity contribution in [1.82, 2.24) is 5.32 Å². The highest BCUT2D eigenvalue weighted by Gasteiger charge is 1.92. The molecule has 0 aliphatic heterocycles. The summed E-state index contributed by atoms with van der Waals surface area (Å²) >= 11 is 0. The molecule has 0 saturated heterocycles. The largest absolute Gasteiger partial charge is 0.492 e. The molecule has 1 rings (SSSR count). The van der Waals surface area contributed by atoms with Crippen molar-refractivity contribution < 1.29 is 4.74 Å². The Labute approximate surface area is 79.9 Å². The number of hydrogen-bond acceptors (Lipinski definition) is 2. The molecule has 0 radical (unpaired) electrons. The number of rotatable bonds is 5. The maximum atomic E-state index is 5.48. The molecule has 2 heteroatoms. The third-order valence-corrected chi connectivity index (χ3v) is 1.95. The normalized spacial score (nSPS) is 10.0. The second kappa shape index (κ2) is 5.60. The number of aryl methyl sites for hydroxylation is 1. The average molecular weight is 179 g/mol. The van der Waals surface area contributed by atoms with E-state index in [1.807, 2.05) is 19.2 Å². The summed E-state index contributed by atoms with van der Waals surface area (Å²) in [5.41, 5.74) is 1.35. The van der Waals surface area contributed by atoms with E-state index in [0.29, 0.717) is 0 Å². The van der Waals surface area contributed by atoms with Gasteiger partial charge in [0.2, 0.25) is 0 Å². The standard InChI is InChI=1S/C11H17NO/c1-3-10-4-6-11(7-5-10)13-9-8-12-2/h4-7,12H,3,8-9H2,1-2H3. The minimum atomic E-state index is 0.724. The SMILES string of the molecule is CCc1ccc(OCCNC)cc1. The Balaban J connectivity index is 2.40. The van der Waals surface area contributed by atoms with E-state index in [1.54, 1.807) is 0 Å². The van der Waals surface area contributed by atoms with Crippen LogP contribution in [0.2, 0.25) is 0 Å². The molecule has 0 saturated carbocycles. The summed E-state index contributed by atoms with van der Waals surface area (Å²) < 4.78 is 5.48. The number of nitrogens with one attached hydrogen (secondary N) is 1. The van der Waals surface area contributed by atoms with Crippen molar-refractivity contribution in [3.63, 3.8) is 0 Å². The lowest BCUT2D eigenvalue weighted by atomic mass is 10.2. The van der Waals surface area contributed by atoms with E-state index in [9.17, 15) is 0 Å². The first kappa shape index (κ1) is 10.1. The average Bonchev–Trinajstić information content (AvgIpc) is 2.19. The van der Waals surface area contributed by atoms with Gasteiger partial charge in [-0.2, -0.15) is 0 Å². The topological polar surface area (TPSA) is 21.3 Å². The van der Waals surface area contributed by atoms with Crippen molar-refractivity contribution in [3.05, 3.63) is 29.8 Å². The molecule has 72 valence electrons. The van der Waals surface area contributed by atoms with E-state index in [1.165, 1.54) is 5.56 Å². The van der Waals surface area contributed by atoms with Gasteiger partial charge in [-0.05, 0) is 31.2 Å². The molecule has 0 amide bonds. The van der Waals surface area contributed by atoms with Crippen molar-refractivity contribution in [3.8, 4) is 5.75 Å². The van der Waals surface area contributed by atoms with Gasteiger partial charge in [0.25, 0.3) is 0 Å². The van der Waals surface area contributed by atoms with Crippen molar-refractivity contribution in [1.29, 1.82) is 0 Å². The lowest BCUT2D eigenvalue weighted by Gasteiger charge is -2.05. The van der Waals surface area contributed by atoms with Crippen molar-refractivity contribution in [2.45, 2.75) is 13.3 Å². The third kappa shape index (κ3) is 3.47. The molecule has 0 fully saturated rings. The van der Waals surface area contributed by atoms with E-state index in [0.717, 1.165) is 25.3 Å². The molecule has 1 N–H and O–H groups in total. The molecule has 0 aliphatic rings.